The van der Waals surface area contributed by atoms with Crippen LogP contribution in [0.15, 0.2) is 12.3 Å². The topological polar surface area (TPSA) is 22.1 Å². The van der Waals surface area contributed by atoms with Crippen molar-refractivity contribution in [2.45, 2.75) is 0 Å². The first-order valence-electron chi connectivity index (χ1n) is 2.59. The summed E-state index contributed by atoms with van der Waals surface area (Å²) in [5.41, 5.74) is 0. The quantitative estimate of drug-likeness (QED) is 0.730. The van der Waals surface area contributed by atoms with Gasteiger partial charge in [-0.05, 0) is 28.7 Å². The highest BCUT2D eigenvalue weighted by atomic mass is 127. The van der Waals surface area contributed by atoms with E-state index in [-0.39, 0.29) is 0 Å². The van der Waals surface area contributed by atoms with E-state index in [4.69, 9.17) is 16.3 Å². The van der Waals surface area contributed by atoms with Crippen molar-refractivity contribution in [1.29, 1.82) is 0 Å². The second-order valence-electron chi connectivity index (χ2n) is 1.62. The fraction of sp³-hybridized carbons (Fsp3) is 0.167. The molecule has 1 heterocycles. The standard InChI is InChI=1S/C6H5ClINO/c1-10-6-5(7)4(8)2-3-9-6/h2-3H,1H3. The molecule has 0 bridgehead atoms. The summed E-state index contributed by atoms with van der Waals surface area (Å²) in [7, 11) is 1.55. The van der Waals surface area contributed by atoms with Crippen molar-refractivity contribution in [2.24, 2.45) is 0 Å². The molecule has 10 heavy (non-hydrogen) atoms. The van der Waals surface area contributed by atoms with Crippen LogP contribution in [0.25, 0.3) is 0 Å². The van der Waals surface area contributed by atoms with Crippen LogP contribution in [0.4, 0.5) is 0 Å². The smallest absolute Gasteiger partial charge is 0.233 e. The van der Waals surface area contributed by atoms with Gasteiger partial charge in [-0.25, -0.2) is 4.98 Å². The number of halogens is 2. The van der Waals surface area contributed by atoms with Crippen LogP contribution >= 0.6 is 34.2 Å². The van der Waals surface area contributed by atoms with Gasteiger partial charge in [-0.3, -0.25) is 0 Å². The highest BCUT2D eigenvalue weighted by Gasteiger charge is 2.03. The van der Waals surface area contributed by atoms with Crippen molar-refractivity contribution in [2.75, 3.05) is 7.11 Å². The molecule has 0 saturated heterocycles. The van der Waals surface area contributed by atoms with Gasteiger partial charge in [0.05, 0.1) is 7.11 Å². The predicted octanol–water partition coefficient (Wildman–Crippen LogP) is 2.35. The molecule has 1 aromatic heterocycles. The molecule has 0 aliphatic carbocycles. The number of ether oxygens (including phenoxy) is 1. The van der Waals surface area contributed by atoms with Crippen LogP contribution in [-0.4, -0.2) is 12.1 Å². The van der Waals surface area contributed by atoms with Gasteiger partial charge in [-0.1, -0.05) is 11.6 Å². The van der Waals surface area contributed by atoms with E-state index in [1.807, 2.05) is 6.07 Å². The third-order valence-corrected chi connectivity index (χ3v) is 2.59. The van der Waals surface area contributed by atoms with Gasteiger partial charge < -0.3 is 4.74 Å². The molecule has 0 atom stereocenters. The van der Waals surface area contributed by atoms with Gasteiger partial charge in [-0.15, -0.1) is 0 Å². The third kappa shape index (κ3) is 1.52. The molecular formula is C6H5ClINO. The normalized spacial score (nSPS) is 9.50. The Bertz CT molecular complexity index is 241. The molecule has 1 aromatic rings. The summed E-state index contributed by atoms with van der Waals surface area (Å²) in [4.78, 5) is 3.90. The molecule has 54 valence electrons. The number of aromatic nitrogens is 1. The van der Waals surface area contributed by atoms with Gasteiger partial charge in [-0.2, -0.15) is 0 Å². The van der Waals surface area contributed by atoms with Crippen LogP contribution in [0.2, 0.25) is 5.02 Å². The SMILES string of the molecule is COc1nccc(I)c1Cl. The lowest BCUT2D eigenvalue weighted by Crippen LogP contribution is -1.88. The Morgan fingerprint density at radius 1 is 1.70 bits per heavy atom. The van der Waals surface area contributed by atoms with Crippen molar-refractivity contribution in [3.8, 4) is 5.88 Å². The largest absolute Gasteiger partial charge is 0.480 e. The van der Waals surface area contributed by atoms with Crippen LogP contribution in [0.5, 0.6) is 5.88 Å². The van der Waals surface area contributed by atoms with Crippen molar-refractivity contribution in [3.05, 3.63) is 20.9 Å². The first-order chi connectivity index (χ1) is 4.75. The number of hydrogen-bond acceptors (Lipinski definition) is 2. The summed E-state index contributed by atoms with van der Waals surface area (Å²) < 4.78 is 5.83. The Morgan fingerprint density at radius 2 is 2.40 bits per heavy atom. The number of pyridine rings is 1. The minimum atomic E-state index is 0.480. The molecule has 4 heteroatoms. The minimum absolute atomic E-state index is 0.480. The molecule has 0 aliphatic heterocycles. The van der Waals surface area contributed by atoms with E-state index in [9.17, 15) is 0 Å². The predicted molar refractivity (Wildman–Crippen MR) is 48.5 cm³/mol. The highest BCUT2D eigenvalue weighted by molar-refractivity contribution is 14.1. The van der Waals surface area contributed by atoms with E-state index < -0.39 is 0 Å². The first kappa shape index (κ1) is 8.07. The number of nitrogens with zero attached hydrogens (tertiary/aromatic N) is 1. The average molecular weight is 269 g/mol. The van der Waals surface area contributed by atoms with Gasteiger partial charge in [0.25, 0.3) is 0 Å². The van der Waals surface area contributed by atoms with E-state index in [1.165, 1.54) is 0 Å². The van der Waals surface area contributed by atoms with Crippen molar-refractivity contribution in [3.63, 3.8) is 0 Å². The fourth-order valence-electron chi connectivity index (χ4n) is 0.545. The minimum Gasteiger partial charge on any atom is -0.480 e. The molecule has 0 saturated carbocycles. The van der Waals surface area contributed by atoms with E-state index >= 15 is 0 Å². The molecule has 0 aromatic carbocycles. The molecule has 0 fully saturated rings. The Kier molecular flexibility index (Phi) is 2.73. The molecule has 0 N–H and O–H groups in total. The van der Waals surface area contributed by atoms with E-state index in [0.717, 1.165) is 3.57 Å². The Balaban J connectivity index is 3.14. The first-order valence-corrected chi connectivity index (χ1v) is 4.05. The zero-order chi connectivity index (χ0) is 7.56. The van der Waals surface area contributed by atoms with Gasteiger partial charge in [0.15, 0.2) is 0 Å². The Morgan fingerprint density at radius 3 is 2.90 bits per heavy atom. The molecule has 0 aliphatic rings. The fourth-order valence-corrected chi connectivity index (χ4v) is 1.13. The van der Waals surface area contributed by atoms with Crippen LogP contribution < -0.4 is 4.74 Å². The van der Waals surface area contributed by atoms with Crippen molar-refractivity contribution in [1.82, 2.24) is 4.98 Å². The maximum atomic E-state index is 5.80. The van der Waals surface area contributed by atoms with Crippen LogP contribution in [-0.2, 0) is 0 Å². The van der Waals surface area contributed by atoms with Crippen LogP contribution in [0, 0.1) is 3.57 Å². The molecular weight excluding hydrogens is 264 g/mol. The molecule has 0 amide bonds. The lowest BCUT2D eigenvalue weighted by Gasteiger charge is -2.00. The van der Waals surface area contributed by atoms with Crippen LogP contribution in [0.1, 0.15) is 0 Å². The Hall–Kier alpha value is -0.0300. The average Bonchev–Trinajstić information content (AvgIpc) is 1.95. The third-order valence-electron chi connectivity index (χ3n) is 1.00. The lowest BCUT2D eigenvalue weighted by atomic mass is 10.5. The van der Waals surface area contributed by atoms with Gasteiger partial charge in [0, 0.05) is 9.77 Å². The van der Waals surface area contributed by atoms with Crippen LogP contribution in [0.3, 0.4) is 0 Å². The van der Waals surface area contributed by atoms with Gasteiger partial charge in [0.2, 0.25) is 5.88 Å². The summed E-state index contributed by atoms with van der Waals surface area (Å²) in [6.45, 7) is 0. The van der Waals surface area contributed by atoms with Gasteiger partial charge in [0.1, 0.15) is 5.02 Å². The lowest BCUT2D eigenvalue weighted by molar-refractivity contribution is 0.398. The number of hydrogen-bond donors (Lipinski definition) is 0. The van der Waals surface area contributed by atoms with Gasteiger partial charge >= 0.3 is 0 Å². The number of rotatable bonds is 1. The van der Waals surface area contributed by atoms with Crippen molar-refractivity contribution >= 4 is 34.2 Å². The molecule has 0 radical (unpaired) electrons. The summed E-state index contributed by atoms with van der Waals surface area (Å²) in [6.07, 6.45) is 1.66. The number of methoxy groups -OCH3 is 1. The Labute approximate surface area is 77.7 Å². The van der Waals surface area contributed by atoms with E-state index in [1.54, 1.807) is 13.3 Å². The second kappa shape index (κ2) is 3.39. The maximum absolute atomic E-state index is 5.80. The highest BCUT2D eigenvalue weighted by Crippen LogP contribution is 2.25. The summed E-state index contributed by atoms with van der Waals surface area (Å²) in [6, 6.07) is 1.82. The summed E-state index contributed by atoms with van der Waals surface area (Å²) in [5.74, 6) is 0.480. The summed E-state index contributed by atoms with van der Waals surface area (Å²) in [5, 5.41) is 0.575. The molecule has 0 unspecified atom stereocenters. The zero-order valence-corrected chi connectivity index (χ0v) is 8.18. The van der Waals surface area contributed by atoms with E-state index in [0.29, 0.717) is 10.9 Å². The van der Waals surface area contributed by atoms with Crippen molar-refractivity contribution < 1.29 is 4.74 Å². The molecule has 1 rings (SSSR count). The molecule has 2 nitrogen and oxygen atoms in total. The zero-order valence-electron chi connectivity index (χ0n) is 5.27. The summed E-state index contributed by atoms with van der Waals surface area (Å²) >= 11 is 7.92. The second-order valence-corrected chi connectivity index (χ2v) is 3.16. The van der Waals surface area contributed by atoms with E-state index in [2.05, 4.69) is 27.6 Å². The molecule has 0 spiro atoms. The maximum Gasteiger partial charge on any atom is 0.233 e. The monoisotopic (exact) mass is 269 g/mol.